The number of ether oxygens (including phenoxy) is 1. The number of nitrogens with zero attached hydrogens (tertiary/aromatic N) is 3. The van der Waals surface area contributed by atoms with Gasteiger partial charge >= 0.3 is 0 Å². The van der Waals surface area contributed by atoms with Gasteiger partial charge in [0.25, 0.3) is 5.91 Å². The smallest absolute Gasteiger partial charge is 0.255 e. The molecular formula is C24H20FN5O2S. The van der Waals surface area contributed by atoms with Crippen molar-refractivity contribution in [2.24, 2.45) is 0 Å². The number of methoxy groups -OCH3 is 1. The summed E-state index contributed by atoms with van der Waals surface area (Å²) in [6.07, 6.45) is 4.90. The molecule has 2 aromatic heterocycles. The summed E-state index contributed by atoms with van der Waals surface area (Å²) in [6.45, 7) is 0. The Bertz CT molecular complexity index is 1280. The topological polar surface area (TPSA) is 89.0 Å². The van der Waals surface area contributed by atoms with Crippen LogP contribution in [0.25, 0.3) is 11.3 Å². The van der Waals surface area contributed by atoms with Gasteiger partial charge in [-0.3, -0.25) is 4.79 Å². The molecule has 0 radical (unpaired) electrons. The molecule has 2 heterocycles. The van der Waals surface area contributed by atoms with Gasteiger partial charge in [0.15, 0.2) is 0 Å². The average Bonchev–Trinajstić information content (AvgIpc) is 2.85. The molecule has 2 N–H and O–H groups in total. The van der Waals surface area contributed by atoms with E-state index in [1.165, 1.54) is 18.0 Å². The van der Waals surface area contributed by atoms with Crippen molar-refractivity contribution in [3.05, 3.63) is 84.6 Å². The number of benzene rings is 2. The van der Waals surface area contributed by atoms with Crippen molar-refractivity contribution in [2.45, 2.75) is 4.90 Å². The Morgan fingerprint density at radius 3 is 2.58 bits per heavy atom. The van der Waals surface area contributed by atoms with E-state index >= 15 is 0 Å². The van der Waals surface area contributed by atoms with E-state index < -0.39 is 5.95 Å². The molecule has 7 nitrogen and oxygen atoms in total. The Labute approximate surface area is 194 Å². The molecule has 33 heavy (non-hydrogen) atoms. The summed E-state index contributed by atoms with van der Waals surface area (Å²) in [7, 11) is 1.57. The van der Waals surface area contributed by atoms with Gasteiger partial charge in [-0.15, -0.1) is 11.8 Å². The Kier molecular flexibility index (Phi) is 6.80. The van der Waals surface area contributed by atoms with E-state index in [0.29, 0.717) is 39.9 Å². The lowest BCUT2D eigenvalue weighted by molar-refractivity contribution is 0.102. The van der Waals surface area contributed by atoms with E-state index in [9.17, 15) is 9.18 Å². The van der Waals surface area contributed by atoms with Crippen LogP contribution in [0.4, 0.5) is 21.7 Å². The summed E-state index contributed by atoms with van der Waals surface area (Å²) in [6, 6.07) is 17.3. The minimum Gasteiger partial charge on any atom is -0.497 e. The molecule has 0 saturated carbocycles. The highest BCUT2D eigenvalue weighted by molar-refractivity contribution is 7.98. The fourth-order valence-corrected chi connectivity index (χ4v) is 3.58. The number of anilines is 3. The number of carbonyl (C=O) groups excluding carboxylic acids is 1. The van der Waals surface area contributed by atoms with Gasteiger partial charge in [0.05, 0.1) is 23.3 Å². The second kappa shape index (κ2) is 10.1. The van der Waals surface area contributed by atoms with Crippen LogP contribution in [0.1, 0.15) is 10.4 Å². The van der Waals surface area contributed by atoms with E-state index in [1.807, 2.05) is 6.26 Å². The zero-order valence-electron chi connectivity index (χ0n) is 17.9. The number of aromatic nitrogens is 3. The third kappa shape index (κ3) is 5.27. The maximum atomic E-state index is 14.2. The molecule has 0 saturated heterocycles. The van der Waals surface area contributed by atoms with E-state index in [0.717, 1.165) is 4.90 Å². The predicted molar refractivity (Wildman–Crippen MR) is 128 cm³/mol. The van der Waals surface area contributed by atoms with Crippen LogP contribution in [0, 0.1) is 5.95 Å². The predicted octanol–water partition coefficient (Wildman–Crippen LogP) is 5.40. The maximum absolute atomic E-state index is 14.2. The van der Waals surface area contributed by atoms with Crippen molar-refractivity contribution in [1.29, 1.82) is 0 Å². The molecule has 2 aromatic carbocycles. The van der Waals surface area contributed by atoms with Gasteiger partial charge < -0.3 is 15.4 Å². The molecule has 0 aliphatic rings. The normalized spacial score (nSPS) is 10.5. The largest absolute Gasteiger partial charge is 0.497 e. The van der Waals surface area contributed by atoms with Gasteiger partial charge in [0.1, 0.15) is 5.75 Å². The van der Waals surface area contributed by atoms with Gasteiger partial charge in [-0.05, 0) is 54.8 Å². The second-order valence-corrected chi connectivity index (χ2v) is 7.69. The zero-order valence-corrected chi connectivity index (χ0v) is 18.7. The maximum Gasteiger partial charge on any atom is 0.255 e. The fraction of sp³-hybridized carbons (Fsp3) is 0.0833. The lowest BCUT2D eigenvalue weighted by atomic mass is 10.2. The molecule has 0 aliphatic heterocycles. The number of hydrogen-bond acceptors (Lipinski definition) is 7. The number of hydrogen-bond donors (Lipinski definition) is 2. The summed E-state index contributed by atoms with van der Waals surface area (Å²) >= 11 is 1.42. The van der Waals surface area contributed by atoms with Gasteiger partial charge in [-0.1, -0.05) is 6.07 Å². The number of thioether (sulfide) groups is 1. The molecule has 0 spiro atoms. The summed E-state index contributed by atoms with van der Waals surface area (Å²) in [5.41, 5.74) is 2.57. The van der Waals surface area contributed by atoms with Crippen LogP contribution in [-0.4, -0.2) is 34.2 Å². The first kappa shape index (κ1) is 22.2. The van der Waals surface area contributed by atoms with Crippen LogP contribution in [0.5, 0.6) is 5.75 Å². The third-order valence-corrected chi connectivity index (χ3v) is 5.46. The number of pyridine rings is 1. The first-order valence-electron chi connectivity index (χ1n) is 9.92. The molecule has 4 aromatic rings. The Hall–Kier alpha value is -3.98. The van der Waals surface area contributed by atoms with Crippen LogP contribution < -0.4 is 15.4 Å². The molecular weight excluding hydrogens is 441 g/mol. The summed E-state index contributed by atoms with van der Waals surface area (Å²) in [4.78, 5) is 25.8. The van der Waals surface area contributed by atoms with E-state index in [1.54, 1.807) is 74.0 Å². The lowest BCUT2D eigenvalue weighted by Crippen LogP contribution is -2.11. The quantitative estimate of drug-likeness (QED) is 0.281. The molecule has 0 atom stereocenters. The summed E-state index contributed by atoms with van der Waals surface area (Å²) < 4.78 is 19.4. The molecule has 0 unspecified atom stereocenters. The van der Waals surface area contributed by atoms with Crippen LogP contribution in [0.15, 0.2) is 78.0 Å². The van der Waals surface area contributed by atoms with Crippen LogP contribution >= 0.6 is 11.8 Å². The monoisotopic (exact) mass is 461 g/mol. The molecule has 4 rings (SSSR count). The van der Waals surface area contributed by atoms with Crippen LogP contribution in [0.2, 0.25) is 0 Å². The number of amides is 1. The molecule has 1 amide bonds. The SMILES string of the molecule is COc1cccc(NC(=O)c2ccc(Nc3ncc(SC)c(-c4cccnc4F)n3)cc2)c1. The van der Waals surface area contributed by atoms with Gasteiger partial charge in [-0.2, -0.15) is 4.39 Å². The standard InChI is InChI=1S/C24H20FN5O2S/c1-32-18-6-3-5-17(13-18)28-23(31)15-8-10-16(11-9-15)29-24-27-14-20(33-2)21(30-24)19-7-4-12-26-22(19)25/h3-14H,1-2H3,(H,28,31)(H,27,29,30). The highest BCUT2D eigenvalue weighted by Crippen LogP contribution is 2.30. The van der Waals surface area contributed by atoms with Gasteiger partial charge in [0.2, 0.25) is 11.9 Å². The van der Waals surface area contributed by atoms with Crippen molar-refractivity contribution in [2.75, 3.05) is 24.0 Å². The number of halogens is 1. The molecule has 9 heteroatoms. The van der Waals surface area contributed by atoms with Crippen molar-refractivity contribution in [3.63, 3.8) is 0 Å². The fourth-order valence-electron chi connectivity index (χ4n) is 3.07. The highest BCUT2D eigenvalue weighted by atomic mass is 32.2. The molecule has 166 valence electrons. The Balaban J connectivity index is 1.50. The molecule has 0 bridgehead atoms. The lowest BCUT2D eigenvalue weighted by Gasteiger charge is -2.11. The molecule has 0 aliphatic carbocycles. The van der Waals surface area contributed by atoms with E-state index in [-0.39, 0.29) is 5.91 Å². The number of carbonyl (C=O) groups is 1. The minimum absolute atomic E-state index is 0.246. The second-order valence-electron chi connectivity index (χ2n) is 6.84. The summed E-state index contributed by atoms with van der Waals surface area (Å²) in [5, 5.41) is 5.93. The Morgan fingerprint density at radius 2 is 1.85 bits per heavy atom. The van der Waals surface area contributed by atoms with Gasteiger partial charge in [-0.25, -0.2) is 15.0 Å². The van der Waals surface area contributed by atoms with E-state index in [2.05, 4.69) is 25.6 Å². The highest BCUT2D eigenvalue weighted by Gasteiger charge is 2.14. The van der Waals surface area contributed by atoms with Crippen molar-refractivity contribution < 1.29 is 13.9 Å². The van der Waals surface area contributed by atoms with Crippen molar-refractivity contribution >= 4 is 35.0 Å². The number of nitrogens with one attached hydrogen (secondary N) is 2. The average molecular weight is 462 g/mol. The zero-order chi connectivity index (χ0) is 23.2. The summed E-state index contributed by atoms with van der Waals surface area (Å²) in [5.74, 6) is 0.124. The Morgan fingerprint density at radius 1 is 1.03 bits per heavy atom. The number of rotatable bonds is 7. The van der Waals surface area contributed by atoms with Crippen LogP contribution in [0.3, 0.4) is 0 Å². The molecule has 0 fully saturated rings. The van der Waals surface area contributed by atoms with Crippen molar-refractivity contribution in [1.82, 2.24) is 15.0 Å². The van der Waals surface area contributed by atoms with Gasteiger partial charge in [0, 0.05) is 35.4 Å². The van der Waals surface area contributed by atoms with Crippen LogP contribution in [-0.2, 0) is 0 Å². The first-order valence-corrected chi connectivity index (χ1v) is 11.1. The van der Waals surface area contributed by atoms with E-state index in [4.69, 9.17) is 4.74 Å². The first-order chi connectivity index (χ1) is 16.1. The minimum atomic E-state index is -0.594. The third-order valence-electron chi connectivity index (χ3n) is 4.72. The van der Waals surface area contributed by atoms with Crippen molar-refractivity contribution in [3.8, 4) is 17.0 Å².